The van der Waals surface area contributed by atoms with Gasteiger partial charge in [0.1, 0.15) is 12.2 Å². The summed E-state index contributed by atoms with van der Waals surface area (Å²) in [7, 11) is 1.39. The first kappa shape index (κ1) is 19.2. The third-order valence-electron chi connectivity index (χ3n) is 3.52. The molecule has 134 valence electrons. The van der Waals surface area contributed by atoms with E-state index in [1.807, 2.05) is 13.8 Å². The van der Waals surface area contributed by atoms with Crippen molar-refractivity contribution in [2.45, 2.75) is 38.3 Å². The van der Waals surface area contributed by atoms with Gasteiger partial charge in [0.2, 0.25) is 5.95 Å². The standard InChI is InChI=1S/C15H21Cl2N3O4/c1-7(2)18-15-19-10-4-8(16)9(17)5-11(10)20(15)14(24-3)13(23)12(22)6-21/h4-5,7,12-14,21-23H,6H2,1-3H3,(H,18,19)/t12-,13-,14-/m1/s1. The van der Waals surface area contributed by atoms with E-state index in [2.05, 4.69) is 10.3 Å². The van der Waals surface area contributed by atoms with Crippen LogP contribution in [0.25, 0.3) is 11.0 Å². The van der Waals surface area contributed by atoms with Crippen molar-refractivity contribution < 1.29 is 20.1 Å². The smallest absolute Gasteiger partial charge is 0.206 e. The van der Waals surface area contributed by atoms with Gasteiger partial charge in [-0.2, -0.15) is 0 Å². The van der Waals surface area contributed by atoms with Crippen LogP contribution in [0.5, 0.6) is 0 Å². The molecule has 0 aliphatic carbocycles. The Hall–Kier alpha value is -1.09. The van der Waals surface area contributed by atoms with E-state index in [1.165, 1.54) is 7.11 Å². The second-order valence-corrected chi connectivity index (χ2v) is 6.54. The van der Waals surface area contributed by atoms with Crippen molar-refractivity contribution in [3.05, 3.63) is 22.2 Å². The molecule has 0 unspecified atom stereocenters. The number of fused-ring (bicyclic) bond motifs is 1. The van der Waals surface area contributed by atoms with E-state index in [4.69, 9.17) is 33.0 Å². The van der Waals surface area contributed by atoms with E-state index >= 15 is 0 Å². The maximum Gasteiger partial charge on any atom is 0.206 e. The Labute approximate surface area is 149 Å². The molecule has 4 N–H and O–H groups in total. The van der Waals surface area contributed by atoms with Crippen LogP contribution in [0.1, 0.15) is 20.1 Å². The van der Waals surface area contributed by atoms with Crippen LogP contribution >= 0.6 is 23.2 Å². The molecule has 0 aliphatic heterocycles. The minimum Gasteiger partial charge on any atom is -0.394 e. The number of nitrogens with one attached hydrogen (secondary N) is 1. The number of aliphatic hydroxyl groups excluding tert-OH is 3. The lowest BCUT2D eigenvalue weighted by Crippen LogP contribution is -2.38. The predicted molar refractivity (Wildman–Crippen MR) is 93.7 cm³/mol. The van der Waals surface area contributed by atoms with Crippen LogP contribution in [0.15, 0.2) is 12.1 Å². The number of nitrogens with zero attached hydrogens (tertiary/aromatic N) is 2. The third-order valence-corrected chi connectivity index (χ3v) is 4.24. The quantitative estimate of drug-likeness (QED) is 0.588. The van der Waals surface area contributed by atoms with Crippen molar-refractivity contribution in [2.75, 3.05) is 19.0 Å². The minimum absolute atomic E-state index is 0.0592. The molecule has 7 nitrogen and oxygen atoms in total. The van der Waals surface area contributed by atoms with Crippen LogP contribution in [0, 0.1) is 0 Å². The summed E-state index contributed by atoms with van der Waals surface area (Å²) in [6.45, 7) is 3.27. The van der Waals surface area contributed by atoms with E-state index in [9.17, 15) is 10.2 Å². The molecular formula is C15H21Cl2N3O4. The first-order valence-corrected chi connectivity index (χ1v) is 8.19. The molecule has 0 amide bonds. The molecule has 3 atom stereocenters. The van der Waals surface area contributed by atoms with Crippen LogP contribution < -0.4 is 5.32 Å². The highest BCUT2D eigenvalue weighted by atomic mass is 35.5. The Kier molecular flexibility index (Phi) is 6.30. The van der Waals surface area contributed by atoms with Crippen LogP contribution in [-0.4, -0.2) is 56.8 Å². The number of anilines is 1. The average Bonchev–Trinajstić information content (AvgIpc) is 2.84. The number of hydrogen-bond donors (Lipinski definition) is 4. The van der Waals surface area contributed by atoms with E-state index in [0.717, 1.165) is 0 Å². The van der Waals surface area contributed by atoms with Crippen molar-refractivity contribution in [2.24, 2.45) is 0 Å². The first-order valence-electron chi connectivity index (χ1n) is 7.43. The largest absolute Gasteiger partial charge is 0.394 e. The molecule has 0 aliphatic rings. The van der Waals surface area contributed by atoms with Crippen molar-refractivity contribution in [1.29, 1.82) is 0 Å². The number of imidazole rings is 1. The van der Waals surface area contributed by atoms with Gasteiger partial charge in [-0.3, -0.25) is 4.57 Å². The van der Waals surface area contributed by atoms with Gasteiger partial charge in [0.05, 0.1) is 27.7 Å². The van der Waals surface area contributed by atoms with Gasteiger partial charge >= 0.3 is 0 Å². The fraction of sp³-hybridized carbons (Fsp3) is 0.533. The molecule has 9 heteroatoms. The van der Waals surface area contributed by atoms with Gasteiger partial charge in [-0.25, -0.2) is 4.98 Å². The molecule has 1 aromatic heterocycles. The van der Waals surface area contributed by atoms with E-state index in [1.54, 1.807) is 16.7 Å². The molecule has 2 aromatic rings. The summed E-state index contributed by atoms with van der Waals surface area (Å²) in [6, 6.07) is 3.29. The highest BCUT2D eigenvalue weighted by Gasteiger charge is 2.31. The van der Waals surface area contributed by atoms with E-state index < -0.39 is 25.0 Å². The zero-order chi connectivity index (χ0) is 18.0. The van der Waals surface area contributed by atoms with Gasteiger partial charge < -0.3 is 25.4 Å². The monoisotopic (exact) mass is 377 g/mol. The summed E-state index contributed by atoms with van der Waals surface area (Å²) in [5, 5.41) is 33.1. The number of methoxy groups -OCH3 is 1. The highest BCUT2D eigenvalue weighted by Crippen LogP contribution is 2.33. The summed E-state index contributed by atoms with van der Waals surface area (Å²) in [4.78, 5) is 4.46. The third kappa shape index (κ3) is 3.77. The lowest BCUT2D eigenvalue weighted by atomic mass is 10.2. The number of halogens is 2. The Morgan fingerprint density at radius 3 is 2.42 bits per heavy atom. The second-order valence-electron chi connectivity index (χ2n) is 5.73. The SMILES string of the molecule is CO[C@H]([C@H](O)[C@H](O)CO)n1c(NC(C)C)nc2cc(Cl)c(Cl)cc21. The van der Waals surface area contributed by atoms with E-state index in [-0.39, 0.29) is 6.04 Å². The zero-order valence-electron chi connectivity index (χ0n) is 13.6. The van der Waals surface area contributed by atoms with Crippen LogP contribution in [-0.2, 0) is 4.74 Å². The lowest BCUT2D eigenvalue weighted by molar-refractivity contribution is -0.117. The van der Waals surface area contributed by atoms with Crippen molar-refractivity contribution >= 4 is 40.2 Å². The summed E-state index contributed by atoms with van der Waals surface area (Å²) in [5.41, 5.74) is 1.13. The summed E-state index contributed by atoms with van der Waals surface area (Å²) in [6.07, 6.45) is -3.74. The van der Waals surface area contributed by atoms with Gasteiger partial charge in [0.25, 0.3) is 0 Å². The molecule has 0 bridgehead atoms. The molecular weight excluding hydrogens is 357 g/mol. The fourth-order valence-corrected chi connectivity index (χ4v) is 2.72. The Morgan fingerprint density at radius 2 is 1.88 bits per heavy atom. The Bertz CT molecular complexity index is 708. The second kappa shape index (κ2) is 7.86. The van der Waals surface area contributed by atoms with Gasteiger partial charge in [-0.1, -0.05) is 23.2 Å². The van der Waals surface area contributed by atoms with Gasteiger partial charge in [0.15, 0.2) is 6.23 Å². The summed E-state index contributed by atoms with van der Waals surface area (Å²) in [5.74, 6) is 0.425. The molecule has 2 rings (SSSR count). The molecule has 0 fully saturated rings. The van der Waals surface area contributed by atoms with Crippen molar-refractivity contribution in [3.8, 4) is 0 Å². The fourth-order valence-electron chi connectivity index (χ4n) is 2.40. The molecule has 0 spiro atoms. The highest BCUT2D eigenvalue weighted by molar-refractivity contribution is 6.42. The molecule has 0 saturated heterocycles. The van der Waals surface area contributed by atoms with Crippen molar-refractivity contribution in [1.82, 2.24) is 9.55 Å². The predicted octanol–water partition coefficient (Wildman–Crippen LogP) is 2.02. The number of ether oxygens (including phenoxy) is 1. The zero-order valence-corrected chi connectivity index (χ0v) is 15.1. The number of aliphatic hydroxyl groups is 3. The number of aromatic nitrogens is 2. The summed E-state index contributed by atoms with van der Waals surface area (Å²) < 4.78 is 6.95. The molecule has 0 radical (unpaired) electrons. The first-order chi connectivity index (χ1) is 11.3. The lowest BCUT2D eigenvalue weighted by Gasteiger charge is -2.28. The van der Waals surface area contributed by atoms with Crippen LogP contribution in [0.3, 0.4) is 0 Å². The minimum atomic E-state index is -1.38. The normalized spacial score (nSPS) is 15.7. The molecule has 1 aromatic carbocycles. The number of hydrogen-bond acceptors (Lipinski definition) is 6. The van der Waals surface area contributed by atoms with Crippen LogP contribution in [0.2, 0.25) is 10.0 Å². The maximum atomic E-state index is 10.3. The molecule has 24 heavy (non-hydrogen) atoms. The van der Waals surface area contributed by atoms with Gasteiger partial charge in [-0.05, 0) is 26.0 Å². The van der Waals surface area contributed by atoms with Crippen LogP contribution in [0.4, 0.5) is 5.95 Å². The van der Waals surface area contributed by atoms with Gasteiger partial charge in [-0.15, -0.1) is 0 Å². The van der Waals surface area contributed by atoms with Gasteiger partial charge in [0, 0.05) is 13.2 Å². The average molecular weight is 378 g/mol. The van der Waals surface area contributed by atoms with E-state index in [0.29, 0.717) is 27.0 Å². The molecule has 0 saturated carbocycles. The Balaban J connectivity index is 2.65. The maximum absolute atomic E-state index is 10.3. The summed E-state index contributed by atoms with van der Waals surface area (Å²) >= 11 is 12.2. The van der Waals surface area contributed by atoms with Crippen molar-refractivity contribution in [3.63, 3.8) is 0 Å². The number of benzene rings is 1. The molecule has 1 heterocycles. The Morgan fingerprint density at radius 1 is 1.25 bits per heavy atom. The number of rotatable bonds is 7. The topological polar surface area (TPSA) is 99.8 Å².